The van der Waals surface area contributed by atoms with Crippen LogP contribution in [-0.4, -0.2) is 15.3 Å². The van der Waals surface area contributed by atoms with Crippen molar-refractivity contribution in [1.29, 1.82) is 0 Å². The quantitative estimate of drug-likeness (QED) is 0.611. The Morgan fingerprint density at radius 2 is 1.68 bits per heavy atom. The number of imidazole rings is 1. The highest BCUT2D eigenvalue weighted by Crippen LogP contribution is 2.21. The summed E-state index contributed by atoms with van der Waals surface area (Å²) in [5.74, 6) is -0.0216. The van der Waals surface area contributed by atoms with Crippen LogP contribution in [0.5, 0.6) is 0 Å². The molecule has 25 heavy (non-hydrogen) atoms. The number of hydrogen-bond donors (Lipinski definition) is 1. The third kappa shape index (κ3) is 3.43. The zero-order valence-electron chi connectivity index (χ0n) is 13.6. The number of carbonyl (C=O) groups is 1. The molecule has 4 rings (SSSR count). The van der Waals surface area contributed by atoms with Crippen molar-refractivity contribution in [3.05, 3.63) is 90.8 Å². The second-order valence-corrected chi connectivity index (χ2v) is 5.88. The van der Waals surface area contributed by atoms with Gasteiger partial charge in [-0.3, -0.25) is 4.79 Å². The fourth-order valence-electron chi connectivity index (χ4n) is 2.78. The lowest BCUT2D eigenvalue weighted by molar-refractivity contribution is -0.115. The van der Waals surface area contributed by atoms with Crippen LogP contribution in [-0.2, 0) is 11.2 Å². The number of nitrogens with one attached hydrogen (secondary N) is 1. The van der Waals surface area contributed by atoms with E-state index in [-0.39, 0.29) is 5.91 Å². The molecule has 1 N–H and O–H groups in total. The molecule has 0 bridgehead atoms. The Hall–Kier alpha value is -3.40. The summed E-state index contributed by atoms with van der Waals surface area (Å²) in [6.07, 6.45) is 4.34. The van der Waals surface area contributed by atoms with E-state index in [1.165, 1.54) is 0 Å². The summed E-state index contributed by atoms with van der Waals surface area (Å²) in [6.45, 7) is 0. The van der Waals surface area contributed by atoms with Gasteiger partial charge < -0.3 is 9.72 Å². The summed E-state index contributed by atoms with van der Waals surface area (Å²) in [7, 11) is 0. The van der Waals surface area contributed by atoms with Gasteiger partial charge in [0.1, 0.15) is 5.65 Å². The van der Waals surface area contributed by atoms with Gasteiger partial charge in [-0.2, -0.15) is 0 Å². The van der Waals surface area contributed by atoms with Crippen molar-refractivity contribution in [3.63, 3.8) is 0 Å². The maximum Gasteiger partial charge on any atom is 0.228 e. The molecule has 0 radical (unpaired) electrons. The van der Waals surface area contributed by atoms with Crippen molar-refractivity contribution in [2.75, 3.05) is 5.32 Å². The van der Waals surface area contributed by atoms with E-state index in [1.54, 1.807) is 0 Å². The van der Waals surface area contributed by atoms with E-state index in [4.69, 9.17) is 0 Å². The molecule has 0 spiro atoms. The summed E-state index contributed by atoms with van der Waals surface area (Å²) in [5, 5.41) is 2.93. The number of nitrogens with zero attached hydrogens (tertiary/aromatic N) is 2. The first-order valence-electron chi connectivity index (χ1n) is 8.16. The van der Waals surface area contributed by atoms with Gasteiger partial charge in [0, 0.05) is 23.6 Å². The second-order valence-electron chi connectivity index (χ2n) is 5.88. The third-order valence-corrected chi connectivity index (χ3v) is 4.04. The summed E-state index contributed by atoms with van der Waals surface area (Å²) in [6, 6.07) is 23.4. The summed E-state index contributed by atoms with van der Waals surface area (Å²) in [4.78, 5) is 16.7. The van der Waals surface area contributed by atoms with Gasteiger partial charge in [0.25, 0.3) is 0 Å². The lowest BCUT2D eigenvalue weighted by Gasteiger charge is -2.06. The molecule has 4 heteroatoms. The third-order valence-electron chi connectivity index (χ3n) is 4.04. The topological polar surface area (TPSA) is 46.4 Å². The van der Waals surface area contributed by atoms with Gasteiger partial charge in [-0.1, -0.05) is 48.5 Å². The molecule has 0 saturated heterocycles. The standard InChI is InChI=1S/C21H17N3O/c25-21(14-16-6-2-1-3-7-16)22-18-11-9-17(10-12-18)19-15-24-13-5-4-8-20(24)23-19/h1-13,15H,14H2,(H,22,25). The minimum Gasteiger partial charge on any atom is -0.326 e. The van der Waals surface area contributed by atoms with Crippen LogP contribution in [0.1, 0.15) is 5.56 Å². The molecule has 0 aliphatic rings. The molecule has 0 atom stereocenters. The van der Waals surface area contributed by atoms with Crippen LogP contribution in [0.2, 0.25) is 0 Å². The normalized spacial score (nSPS) is 10.7. The lowest BCUT2D eigenvalue weighted by atomic mass is 10.1. The number of benzene rings is 2. The molecule has 1 amide bonds. The van der Waals surface area contributed by atoms with Crippen LogP contribution in [0, 0.1) is 0 Å². The Kier molecular flexibility index (Phi) is 4.01. The Morgan fingerprint density at radius 3 is 2.44 bits per heavy atom. The van der Waals surface area contributed by atoms with Crippen molar-refractivity contribution in [3.8, 4) is 11.3 Å². The first-order valence-corrected chi connectivity index (χ1v) is 8.16. The molecular weight excluding hydrogens is 310 g/mol. The molecule has 2 heterocycles. The van der Waals surface area contributed by atoms with Gasteiger partial charge in [0.05, 0.1) is 12.1 Å². The van der Waals surface area contributed by atoms with Crippen molar-refractivity contribution in [2.45, 2.75) is 6.42 Å². The van der Waals surface area contributed by atoms with E-state index in [1.807, 2.05) is 89.6 Å². The van der Waals surface area contributed by atoms with Crippen molar-refractivity contribution in [1.82, 2.24) is 9.38 Å². The van der Waals surface area contributed by atoms with Crippen LogP contribution in [0.15, 0.2) is 85.2 Å². The average molecular weight is 327 g/mol. The Labute approximate surface area is 145 Å². The zero-order chi connectivity index (χ0) is 17.1. The van der Waals surface area contributed by atoms with E-state index in [9.17, 15) is 4.79 Å². The van der Waals surface area contributed by atoms with E-state index >= 15 is 0 Å². The monoisotopic (exact) mass is 327 g/mol. The van der Waals surface area contributed by atoms with E-state index < -0.39 is 0 Å². The minimum absolute atomic E-state index is 0.0216. The zero-order valence-corrected chi connectivity index (χ0v) is 13.6. The fraction of sp³-hybridized carbons (Fsp3) is 0.0476. The number of rotatable bonds is 4. The van der Waals surface area contributed by atoms with E-state index in [0.717, 1.165) is 28.2 Å². The Balaban J connectivity index is 1.47. The highest BCUT2D eigenvalue weighted by molar-refractivity contribution is 5.92. The molecule has 0 unspecified atom stereocenters. The SMILES string of the molecule is O=C(Cc1ccccc1)Nc1ccc(-c2cn3ccccc3n2)cc1. The molecule has 122 valence electrons. The van der Waals surface area contributed by atoms with Crippen molar-refractivity contribution < 1.29 is 4.79 Å². The maximum atomic E-state index is 12.1. The fourth-order valence-corrected chi connectivity index (χ4v) is 2.78. The van der Waals surface area contributed by atoms with Crippen LogP contribution in [0.25, 0.3) is 16.9 Å². The lowest BCUT2D eigenvalue weighted by Crippen LogP contribution is -2.14. The van der Waals surface area contributed by atoms with Gasteiger partial charge in [-0.15, -0.1) is 0 Å². The Morgan fingerprint density at radius 1 is 0.920 bits per heavy atom. The molecule has 0 aliphatic carbocycles. The molecule has 4 nitrogen and oxygen atoms in total. The first-order chi connectivity index (χ1) is 12.3. The minimum atomic E-state index is -0.0216. The van der Waals surface area contributed by atoms with Gasteiger partial charge in [-0.05, 0) is 29.8 Å². The molecular formula is C21H17N3O. The summed E-state index contributed by atoms with van der Waals surface area (Å²) in [5.41, 5.74) is 4.63. The molecule has 2 aromatic carbocycles. The average Bonchev–Trinajstić information content (AvgIpc) is 3.07. The highest BCUT2D eigenvalue weighted by atomic mass is 16.1. The second kappa shape index (κ2) is 6.61. The van der Waals surface area contributed by atoms with Crippen molar-refractivity contribution >= 4 is 17.2 Å². The van der Waals surface area contributed by atoms with Gasteiger partial charge in [0.15, 0.2) is 0 Å². The van der Waals surface area contributed by atoms with Crippen LogP contribution >= 0.6 is 0 Å². The predicted molar refractivity (Wildman–Crippen MR) is 99.4 cm³/mol. The number of pyridine rings is 1. The van der Waals surface area contributed by atoms with Crippen LogP contribution in [0.4, 0.5) is 5.69 Å². The van der Waals surface area contributed by atoms with Crippen LogP contribution < -0.4 is 5.32 Å². The number of aromatic nitrogens is 2. The van der Waals surface area contributed by atoms with E-state index in [0.29, 0.717) is 6.42 Å². The van der Waals surface area contributed by atoms with Gasteiger partial charge in [0.2, 0.25) is 5.91 Å². The van der Waals surface area contributed by atoms with Crippen molar-refractivity contribution in [2.24, 2.45) is 0 Å². The Bertz CT molecular complexity index is 971. The number of hydrogen-bond acceptors (Lipinski definition) is 2. The highest BCUT2D eigenvalue weighted by Gasteiger charge is 2.06. The van der Waals surface area contributed by atoms with E-state index in [2.05, 4.69) is 10.3 Å². The molecule has 4 aromatic rings. The van der Waals surface area contributed by atoms with Gasteiger partial charge >= 0.3 is 0 Å². The molecule has 0 fully saturated rings. The van der Waals surface area contributed by atoms with Gasteiger partial charge in [-0.25, -0.2) is 4.98 Å². The summed E-state index contributed by atoms with van der Waals surface area (Å²) < 4.78 is 1.99. The summed E-state index contributed by atoms with van der Waals surface area (Å²) >= 11 is 0. The number of fused-ring (bicyclic) bond motifs is 1. The predicted octanol–water partition coefficient (Wildman–Crippen LogP) is 4.18. The largest absolute Gasteiger partial charge is 0.326 e. The molecule has 0 saturated carbocycles. The number of anilines is 1. The smallest absolute Gasteiger partial charge is 0.228 e. The number of carbonyl (C=O) groups excluding carboxylic acids is 1. The molecule has 2 aromatic heterocycles. The number of amides is 1. The maximum absolute atomic E-state index is 12.1. The molecule has 0 aliphatic heterocycles. The van der Waals surface area contributed by atoms with Crippen LogP contribution in [0.3, 0.4) is 0 Å². The first kappa shape index (κ1) is 15.1.